The van der Waals surface area contributed by atoms with Crippen molar-refractivity contribution in [1.82, 2.24) is 0 Å². The molecule has 3 nitrogen and oxygen atoms in total. The standard InChI is InChI=1S/C7H7BrO3/c1-11-7-3-5(9)4(8)2-6(7)10/h2-3,9-10H,1H3. The lowest BCUT2D eigenvalue weighted by Gasteiger charge is -2.04. The fourth-order valence-corrected chi connectivity index (χ4v) is 1.03. The number of phenolic OH excluding ortho intramolecular Hbond substituents is 2. The van der Waals surface area contributed by atoms with Crippen molar-refractivity contribution in [1.29, 1.82) is 0 Å². The molecule has 0 aliphatic heterocycles. The molecule has 60 valence electrons. The summed E-state index contributed by atoms with van der Waals surface area (Å²) in [6.45, 7) is 0. The van der Waals surface area contributed by atoms with E-state index in [9.17, 15) is 0 Å². The first-order valence-corrected chi connectivity index (χ1v) is 3.70. The number of aromatic hydroxyl groups is 2. The van der Waals surface area contributed by atoms with Crippen LogP contribution in [-0.2, 0) is 0 Å². The van der Waals surface area contributed by atoms with Crippen LogP contribution >= 0.6 is 15.9 Å². The zero-order chi connectivity index (χ0) is 8.43. The Morgan fingerprint density at radius 1 is 1.27 bits per heavy atom. The van der Waals surface area contributed by atoms with E-state index in [0.717, 1.165) is 0 Å². The molecule has 0 unspecified atom stereocenters. The van der Waals surface area contributed by atoms with Crippen LogP contribution in [0.2, 0.25) is 0 Å². The van der Waals surface area contributed by atoms with E-state index >= 15 is 0 Å². The molecule has 0 saturated carbocycles. The molecule has 4 heteroatoms. The molecular weight excluding hydrogens is 212 g/mol. The summed E-state index contributed by atoms with van der Waals surface area (Å²) in [6.07, 6.45) is 0. The van der Waals surface area contributed by atoms with Crippen molar-refractivity contribution >= 4 is 15.9 Å². The second-order valence-corrected chi connectivity index (χ2v) is 2.83. The van der Waals surface area contributed by atoms with Gasteiger partial charge in [-0.15, -0.1) is 0 Å². The van der Waals surface area contributed by atoms with Crippen LogP contribution in [0.15, 0.2) is 16.6 Å². The highest BCUT2D eigenvalue weighted by Crippen LogP contribution is 2.35. The number of methoxy groups -OCH3 is 1. The van der Waals surface area contributed by atoms with E-state index in [2.05, 4.69) is 15.9 Å². The van der Waals surface area contributed by atoms with Gasteiger partial charge in [0.2, 0.25) is 0 Å². The molecule has 11 heavy (non-hydrogen) atoms. The van der Waals surface area contributed by atoms with Gasteiger partial charge in [-0.3, -0.25) is 0 Å². The minimum absolute atomic E-state index is 0.00262. The van der Waals surface area contributed by atoms with Gasteiger partial charge in [-0.2, -0.15) is 0 Å². The molecule has 0 amide bonds. The van der Waals surface area contributed by atoms with Crippen LogP contribution in [0.1, 0.15) is 0 Å². The fourth-order valence-electron chi connectivity index (χ4n) is 0.696. The van der Waals surface area contributed by atoms with Crippen molar-refractivity contribution in [2.45, 2.75) is 0 Å². The Bertz CT molecular complexity index is 273. The minimum Gasteiger partial charge on any atom is -0.507 e. The quantitative estimate of drug-likeness (QED) is 0.708. The average Bonchev–Trinajstić information content (AvgIpc) is 1.97. The van der Waals surface area contributed by atoms with E-state index in [4.69, 9.17) is 14.9 Å². The number of phenols is 2. The van der Waals surface area contributed by atoms with Gasteiger partial charge in [0, 0.05) is 12.1 Å². The van der Waals surface area contributed by atoms with Gasteiger partial charge in [-0.1, -0.05) is 0 Å². The molecule has 0 aliphatic carbocycles. The largest absolute Gasteiger partial charge is 0.507 e. The van der Waals surface area contributed by atoms with Gasteiger partial charge in [0.15, 0.2) is 11.5 Å². The molecule has 1 aromatic carbocycles. The highest BCUT2D eigenvalue weighted by atomic mass is 79.9. The van der Waals surface area contributed by atoms with Crippen molar-refractivity contribution in [2.75, 3.05) is 7.11 Å². The van der Waals surface area contributed by atoms with Crippen LogP contribution in [0.5, 0.6) is 17.2 Å². The average molecular weight is 219 g/mol. The van der Waals surface area contributed by atoms with Crippen LogP contribution < -0.4 is 4.74 Å². The van der Waals surface area contributed by atoms with Gasteiger partial charge >= 0.3 is 0 Å². The Labute approximate surface area is 72.4 Å². The molecule has 0 atom stereocenters. The van der Waals surface area contributed by atoms with Crippen molar-refractivity contribution in [3.8, 4) is 17.2 Å². The lowest BCUT2D eigenvalue weighted by atomic mass is 10.3. The van der Waals surface area contributed by atoms with Gasteiger partial charge < -0.3 is 14.9 Å². The first-order valence-electron chi connectivity index (χ1n) is 2.90. The maximum Gasteiger partial charge on any atom is 0.164 e. The van der Waals surface area contributed by atoms with Gasteiger partial charge in [-0.25, -0.2) is 0 Å². The number of ether oxygens (including phenoxy) is 1. The minimum atomic E-state index is -0.00262. The van der Waals surface area contributed by atoms with E-state index in [0.29, 0.717) is 4.47 Å². The van der Waals surface area contributed by atoms with Gasteiger partial charge in [-0.05, 0) is 15.9 Å². The van der Waals surface area contributed by atoms with Crippen molar-refractivity contribution < 1.29 is 14.9 Å². The molecular formula is C7H7BrO3. The van der Waals surface area contributed by atoms with Crippen LogP contribution in [0.4, 0.5) is 0 Å². The Morgan fingerprint density at radius 2 is 1.91 bits per heavy atom. The molecule has 1 aromatic rings. The number of hydrogen-bond acceptors (Lipinski definition) is 3. The predicted molar refractivity (Wildman–Crippen MR) is 44.0 cm³/mol. The van der Waals surface area contributed by atoms with E-state index in [1.165, 1.54) is 19.2 Å². The summed E-state index contributed by atoms with van der Waals surface area (Å²) in [4.78, 5) is 0. The van der Waals surface area contributed by atoms with Crippen LogP contribution in [0.3, 0.4) is 0 Å². The van der Waals surface area contributed by atoms with Gasteiger partial charge in [0.25, 0.3) is 0 Å². The molecule has 0 heterocycles. The summed E-state index contributed by atoms with van der Waals surface area (Å²) >= 11 is 3.04. The monoisotopic (exact) mass is 218 g/mol. The predicted octanol–water partition coefficient (Wildman–Crippen LogP) is 1.87. The molecule has 0 fully saturated rings. The third-order valence-electron chi connectivity index (χ3n) is 1.25. The summed E-state index contributed by atoms with van der Waals surface area (Å²) in [5.74, 6) is 0.294. The second kappa shape index (κ2) is 3.00. The summed E-state index contributed by atoms with van der Waals surface area (Å²) in [5, 5.41) is 18.3. The molecule has 0 radical (unpaired) electrons. The van der Waals surface area contributed by atoms with E-state index in [-0.39, 0.29) is 17.2 Å². The normalized spacial score (nSPS) is 9.64. The second-order valence-electron chi connectivity index (χ2n) is 1.98. The first kappa shape index (κ1) is 8.20. The Balaban J connectivity index is 3.21. The van der Waals surface area contributed by atoms with E-state index < -0.39 is 0 Å². The van der Waals surface area contributed by atoms with E-state index in [1.807, 2.05) is 0 Å². The van der Waals surface area contributed by atoms with Crippen LogP contribution in [-0.4, -0.2) is 17.3 Å². The maximum atomic E-state index is 9.15. The first-order chi connectivity index (χ1) is 5.15. The smallest absolute Gasteiger partial charge is 0.164 e. The fraction of sp³-hybridized carbons (Fsp3) is 0.143. The number of hydrogen-bond donors (Lipinski definition) is 2. The number of halogens is 1. The third kappa shape index (κ3) is 1.57. The van der Waals surface area contributed by atoms with Crippen molar-refractivity contribution in [2.24, 2.45) is 0 Å². The summed E-state index contributed by atoms with van der Waals surface area (Å²) in [7, 11) is 1.42. The summed E-state index contributed by atoms with van der Waals surface area (Å²) < 4.78 is 5.19. The molecule has 0 aliphatic rings. The Morgan fingerprint density at radius 3 is 2.45 bits per heavy atom. The molecule has 0 aromatic heterocycles. The zero-order valence-corrected chi connectivity index (χ0v) is 7.42. The van der Waals surface area contributed by atoms with Gasteiger partial charge in [0.05, 0.1) is 11.6 Å². The summed E-state index contributed by atoms with van der Waals surface area (Å²) in [6, 6.07) is 2.70. The SMILES string of the molecule is COc1cc(O)c(Br)cc1O. The highest BCUT2D eigenvalue weighted by Gasteiger charge is 2.05. The molecule has 0 spiro atoms. The van der Waals surface area contributed by atoms with Gasteiger partial charge in [0.1, 0.15) is 5.75 Å². The highest BCUT2D eigenvalue weighted by molar-refractivity contribution is 9.10. The topological polar surface area (TPSA) is 49.7 Å². The molecule has 2 N–H and O–H groups in total. The Kier molecular flexibility index (Phi) is 2.24. The van der Waals surface area contributed by atoms with Crippen molar-refractivity contribution in [3.63, 3.8) is 0 Å². The summed E-state index contributed by atoms with van der Waals surface area (Å²) in [5.41, 5.74) is 0. The zero-order valence-electron chi connectivity index (χ0n) is 5.84. The van der Waals surface area contributed by atoms with Crippen LogP contribution in [0, 0.1) is 0 Å². The van der Waals surface area contributed by atoms with Crippen molar-refractivity contribution in [3.05, 3.63) is 16.6 Å². The van der Waals surface area contributed by atoms with E-state index in [1.54, 1.807) is 0 Å². The Hall–Kier alpha value is -0.900. The number of benzene rings is 1. The lowest BCUT2D eigenvalue weighted by Crippen LogP contribution is -1.83. The van der Waals surface area contributed by atoms with Crippen LogP contribution in [0.25, 0.3) is 0 Å². The molecule has 1 rings (SSSR count). The molecule has 0 bridgehead atoms. The molecule has 0 saturated heterocycles. The lowest BCUT2D eigenvalue weighted by molar-refractivity contribution is 0.368. The number of rotatable bonds is 1. The maximum absolute atomic E-state index is 9.15. The third-order valence-corrected chi connectivity index (χ3v) is 1.88.